The van der Waals surface area contributed by atoms with Crippen LogP contribution >= 0.6 is 11.3 Å². The number of hydrogen-bond acceptors (Lipinski definition) is 7. The zero-order valence-corrected chi connectivity index (χ0v) is 23.9. The van der Waals surface area contributed by atoms with Crippen molar-refractivity contribution in [1.29, 1.82) is 0 Å². The molecule has 3 atom stereocenters. The van der Waals surface area contributed by atoms with E-state index in [1.165, 1.54) is 4.90 Å². The van der Waals surface area contributed by atoms with Crippen LogP contribution in [0.25, 0.3) is 10.4 Å². The number of aromatic nitrogens is 1. The number of carbonyl (C=O) groups excluding carboxylic acids is 3. The van der Waals surface area contributed by atoms with Crippen LogP contribution in [0.4, 0.5) is 0 Å². The number of aliphatic hydroxyl groups is 1. The number of aryl methyl sites for hydroxylation is 1. The Bertz CT molecular complexity index is 1420. The quantitative estimate of drug-likeness (QED) is 0.435. The van der Waals surface area contributed by atoms with Crippen molar-refractivity contribution in [2.24, 2.45) is 5.92 Å². The van der Waals surface area contributed by atoms with Crippen molar-refractivity contribution in [2.45, 2.75) is 58.5 Å². The van der Waals surface area contributed by atoms with Gasteiger partial charge in [0, 0.05) is 31.6 Å². The lowest BCUT2D eigenvalue weighted by atomic mass is 10.0. The van der Waals surface area contributed by atoms with E-state index in [1.54, 1.807) is 35.5 Å². The number of nitrogens with zero attached hydrogens (tertiary/aromatic N) is 3. The van der Waals surface area contributed by atoms with Gasteiger partial charge in [0.15, 0.2) is 0 Å². The molecule has 0 bridgehead atoms. The summed E-state index contributed by atoms with van der Waals surface area (Å²) >= 11 is 1.59. The number of amides is 3. The van der Waals surface area contributed by atoms with Crippen LogP contribution < -0.4 is 10.1 Å². The minimum absolute atomic E-state index is 0.0475. The third-order valence-corrected chi connectivity index (χ3v) is 8.64. The zero-order chi connectivity index (χ0) is 28.6. The maximum absolute atomic E-state index is 13.9. The third-order valence-electron chi connectivity index (χ3n) is 7.66. The van der Waals surface area contributed by atoms with Crippen LogP contribution in [0.2, 0.25) is 0 Å². The second-order valence-electron chi connectivity index (χ2n) is 10.7. The smallest absolute Gasteiger partial charge is 0.255 e. The molecule has 1 aromatic heterocycles. The van der Waals surface area contributed by atoms with Crippen LogP contribution in [-0.2, 0) is 22.7 Å². The maximum atomic E-state index is 13.9. The molecule has 0 saturated carbocycles. The Kier molecular flexibility index (Phi) is 7.91. The predicted octanol–water partition coefficient (Wildman–Crippen LogP) is 3.39. The fourth-order valence-electron chi connectivity index (χ4n) is 5.59. The number of carbonyl (C=O) groups is 3. The molecule has 3 heterocycles. The molecule has 1 fully saturated rings. The summed E-state index contributed by atoms with van der Waals surface area (Å²) in [6.45, 7) is 6.38. The van der Waals surface area contributed by atoms with E-state index < -0.39 is 18.2 Å². The van der Waals surface area contributed by atoms with Gasteiger partial charge in [-0.25, -0.2) is 4.98 Å². The lowest BCUT2D eigenvalue weighted by Crippen LogP contribution is -2.55. The lowest BCUT2D eigenvalue weighted by Gasteiger charge is -2.35. The van der Waals surface area contributed by atoms with Gasteiger partial charge in [0.2, 0.25) is 11.8 Å². The fraction of sp³-hybridized carbons (Fsp3) is 0.400. The molecule has 3 amide bonds. The van der Waals surface area contributed by atoms with Gasteiger partial charge in [-0.05, 0) is 47.7 Å². The van der Waals surface area contributed by atoms with Crippen molar-refractivity contribution >= 4 is 29.1 Å². The van der Waals surface area contributed by atoms with Gasteiger partial charge in [0.25, 0.3) is 5.91 Å². The van der Waals surface area contributed by atoms with E-state index in [0.29, 0.717) is 17.9 Å². The Morgan fingerprint density at radius 3 is 2.60 bits per heavy atom. The minimum atomic E-state index is -0.817. The SMILES string of the molecule is COc1ccc2c(c1)CN(C(C(=O)N1C[C@H](O)C[C@H]1C(=O)NCc1ccc(-c3scnc3C)cc1)C(C)C)C2=O. The van der Waals surface area contributed by atoms with Gasteiger partial charge < -0.3 is 25.0 Å². The average Bonchev–Trinajstić information content (AvgIpc) is 3.64. The summed E-state index contributed by atoms with van der Waals surface area (Å²) < 4.78 is 5.30. The number of likely N-dealkylation sites (tertiary alicyclic amines) is 1. The van der Waals surface area contributed by atoms with Crippen LogP contribution in [-0.4, -0.2) is 69.5 Å². The molecule has 210 valence electrons. The van der Waals surface area contributed by atoms with E-state index in [1.807, 2.05) is 56.6 Å². The number of thiazole rings is 1. The highest BCUT2D eigenvalue weighted by molar-refractivity contribution is 7.13. The molecule has 2 aliphatic heterocycles. The summed E-state index contributed by atoms with van der Waals surface area (Å²) in [7, 11) is 1.57. The molecule has 1 unspecified atom stereocenters. The minimum Gasteiger partial charge on any atom is -0.497 e. The number of methoxy groups -OCH3 is 1. The number of nitrogens with one attached hydrogen (secondary N) is 1. The molecule has 1 saturated heterocycles. The molecule has 10 heteroatoms. The highest BCUT2D eigenvalue weighted by Crippen LogP contribution is 2.32. The summed E-state index contributed by atoms with van der Waals surface area (Å²) in [5, 5.41) is 13.4. The zero-order valence-electron chi connectivity index (χ0n) is 23.1. The van der Waals surface area contributed by atoms with E-state index in [-0.39, 0.29) is 43.1 Å². The van der Waals surface area contributed by atoms with Crippen molar-refractivity contribution in [3.63, 3.8) is 0 Å². The predicted molar refractivity (Wildman–Crippen MR) is 152 cm³/mol. The highest BCUT2D eigenvalue weighted by Gasteiger charge is 2.45. The first-order chi connectivity index (χ1) is 19.2. The molecule has 2 N–H and O–H groups in total. The first kappa shape index (κ1) is 27.8. The first-order valence-corrected chi connectivity index (χ1v) is 14.3. The largest absolute Gasteiger partial charge is 0.497 e. The Labute approximate surface area is 237 Å². The van der Waals surface area contributed by atoms with Gasteiger partial charge in [-0.3, -0.25) is 14.4 Å². The van der Waals surface area contributed by atoms with E-state index in [2.05, 4.69) is 10.3 Å². The molecule has 0 spiro atoms. The monoisotopic (exact) mass is 562 g/mol. The topological polar surface area (TPSA) is 112 Å². The van der Waals surface area contributed by atoms with Crippen molar-refractivity contribution in [1.82, 2.24) is 20.1 Å². The van der Waals surface area contributed by atoms with Crippen LogP contribution in [0.15, 0.2) is 48.0 Å². The molecule has 2 aromatic carbocycles. The summed E-state index contributed by atoms with van der Waals surface area (Å²) in [6.07, 6.45) is -0.664. The van der Waals surface area contributed by atoms with Crippen molar-refractivity contribution < 1.29 is 24.2 Å². The van der Waals surface area contributed by atoms with Gasteiger partial charge in [0.1, 0.15) is 17.8 Å². The number of β-amino-alcohol motifs (C(OH)–C–C–N with tert-alkyl or cyclic N) is 1. The molecule has 9 nitrogen and oxygen atoms in total. The van der Waals surface area contributed by atoms with Crippen molar-refractivity contribution in [2.75, 3.05) is 13.7 Å². The third kappa shape index (κ3) is 5.33. The Hall–Kier alpha value is -3.76. The molecular weight excluding hydrogens is 528 g/mol. The second kappa shape index (κ2) is 11.4. The molecule has 5 rings (SSSR count). The van der Waals surface area contributed by atoms with Gasteiger partial charge >= 0.3 is 0 Å². The molecule has 0 radical (unpaired) electrons. The van der Waals surface area contributed by atoms with E-state index in [0.717, 1.165) is 27.3 Å². The summed E-state index contributed by atoms with van der Waals surface area (Å²) in [5.41, 5.74) is 6.15. The second-order valence-corrected chi connectivity index (χ2v) is 11.6. The average molecular weight is 563 g/mol. The lowest BCUT2D eigenvalue weighted by molar-refractivity contribution is -0.143. The number of ether oxygens (including phenoxy) is 1. The summed E-state index contributed by atoms with van der Waals surface area (Å²) in [4.78, 5) is 48.9. The van der Waals surface area contributed by atoms with Crippen LogP contribution in [0, 0.1) is 12.8 Å². The number of aliphatic hydroxyl groups excluding tert-OH is 1. The number of rotatable bonds is 8. The summed E-state index contributed by atoms with van der Waals surface area (Å²) in [5.74, 6) is -0.426. The van der Waals surface area contributed by atoms with Gasteiger partial charge in [-0.1, -0.05) is 38.1 Å². The van der Waals surface area contributed by atoms with Crippen LogP contribution in [0.3, 0.4) is 0 Å². The molecule has 2 aliphatic rings. The summed E-state index contributed by atoms with van der Waals surface area (Å²) in [6, 6.07) is 11.6. The number of hydrogen-bond donors (Lipinski definition) is 2. The number of fused-ring (bicyclic) bond motifs is 1. The maximum Gasteiger partial charge on any atom is 0.255 e. The number of benzene rings is 2. The van der Waals surface area contributed by atoms with Crippen molar-refractivity contribution in [3.8, 4) is 16.2 Å². The van der Waals surface area contributed by atoms with E-state index in [4.69, 9.17) is 4.74 Å². The van der Waals surface area contributed by atoms with E-state index in [9.17, 15) is 19.5 Å². The molecule has 40 heavy (non-hydrogen) atoms. The standard InChI is InChI=1S/C30H34N4O5S/c1-17(2)26(34-14-21-11-23(39-4)9-10-24(21)29(34)37)30(38)33-15-22(35)12-25(33)28(36)31-13-19-5-7-20(8-6-19)27-18(3)32-16-40-27/h5-11,16-17,22,25-26,35H,12-15H2,1-4H3,(H,31,36)/t22-,25+,26?/m1/s1. The first-order valence-electron chi connectivity index (χ1n) is 13.4. The molecular formula is C30H34N4O5S. The molecule has 3 aromatic rings. The van der Waals surface area contributed by atoms with Crippen LogP contribution in [0.5, 0.6) is 5.75 Å². The Balaban J connectivity index is 1.28. The molecule has 0 aliphatic carbocycles. The fourth-order valence-corrected chi connectivity index (χ4v) is 6.40. The Morgan fingerprint density at radius 1 is 1.20 bits per heavy atom. The van der Waals surface area contributed by atoms with Gasteiger partial charge in [-0.2, -0.15) is 0 Å². The highest BCUT2D eigenvalue weighted by atomic mass is 32.1. The normalized spacial score (nSPS) is 19.2. The van der Waals surface area contributed by atoms with Crippen LogP contribution in [0.1, 0.15) is 47.4 Å². The Morgan fingerprint density at radius 2 is 1.95 bits per heavy atom. The van der Waals surface area contributed by atoms with Gasteiger partial charge in [0.05, 0.1) is 29.3 Å². The van der Waals surface area contributed by atoms with Gasteiger partial charge in [-0.15, -0.1) is 11.3 Å². The van der Waals surface area contributed by atoms with E-state index >= 15 is 0 Å². The van der Waals surface area contributed by atoms with Crippen molar-refractivity contribution in [3.05, 3.63) is 70.4 Å².